The van der Waals surface area contributed by atoms with E-state index in [0.717, 1.165) is 37.2 Å². The first-order valence-corrected chi connectivity index (χ1v) is 13.5. The highest BCUT2D eigenvalue weighted by atomic mass is 16.2. The maximum Gasteiger partial charge on any atom is 0.287 e. The fourth-order valence-corrected chi connectivity index (χ4v) is 4.56. The monoisotopic (exact) mass is 525 g/mol. The molecule has 6 nitrogen and oxygen atoms in total. The van der Waals surface area contributed by atoms with Crippen LogP contribution in [0.3, 0.4) is 0 Å². The quantitative estimate of drug-likeness (QED) is 0.226. The molecule has 2 amide bonds. The molecule has 39 heavy (non-hydrogen) atoms. The lowest BCUT2D eigenvalue weighted by Gasteiger charge is -2.23. The van der Waals surface area contributed by atoms with Crippen molar-refractivity contribution < 1.29 is 14.4 Å². The van der Waals surface area contributed by atoms with Crippen LogP contribution in [0.2, 0.25) is 0 Å². The SMILES string of the molecule is CCCN(Cc1ccc(C=Cc2ccccc2C(=O)NC(Cc2ccccc2)C(=O)C(N)=O)cc1)CC(C)C. The predicted octanol–water partition coefficient (Wildman–Crippen LogP) is 5.12. The van der Waals surface area contributed by atoms with Gasteiger partial charge in [0.15, 0.2) is 0 Å². The number of benzene rings is 3. The van der Waals surface area contributed by atoms with Gasteiger partial charge < -0.3 is 11.1 Å². The van der Waals surface area contributed by atoms with Crippen molar-refractivity contribution in [2.24, 2.45) is 11.7 Å². The molecule has 0 saturated heterocycles. The number of carbonyl (C=O) groups is 3. The molecule has 3 rings (SSSR count). The van der Waals surface area contributed by atoms with E-state index < -0.39 is 23.6 Å². The molecule has 3 N–H and O–H groups in total. The lowest BCUT2D eigenvalue weighted by Crippen LogP contribution is -2.47. The van der Waals surface area contributed by atoms with Crippen molar-refractivity contribution in [3.63, 3.8) is 0 Å². The first-order valence-electron chi connectivity index (χ1n) is 13.5. The van der Waals surface area contributed by atoms with Crippen molar-refractivity contribution in [1.29, 1.82) is 0 Å². The minimum absolute atomic E-state index is 0.172. The van der Waals surface area contributed by atoms with E-state index in [9.17, 15) is 14.4 Å². The zero-order valence-electron chi connectivity index (χ0n) is 23.1. The van der Waals surface area contributed by atoms with Crippen molar-refractivity contribution >= 4 is 29.7 Å². The van der Waals surface area contributed by atoms with Gasteiger partial charge in [0, 0.05) is 25.1 Å². The van der Waals surface area contributed by atoms with Gasteiger partial charge in [0.05, 0.1) is 0 Å². The molecule has 0 saturated carbocycles. The Morgan fingerprint density at radius 3 is 2.18 bits per heavy atom. The number of nitrogens with one attached hydrogen (secondary N) is 1. The number of hydrogen-bond donors (Lipinski definition) is 2. The van der Waals surface area contributed by atoms with E-state index in [1.54, 1.807) is 12.1 Å². The van der Waals surface area contributed by atoms with Gasteiger partial charge in [-0.3, -0.25) is 19.3 Å². The molecule has 3 aromatic carbocycles. The minimum Gasteiger partial charge on any atom is -0.363 e. The predicted molar refractivity (Wildman–Crippen MR) is 158 cm³/mol. The number of Topliss-reactive ketones (excluding diaryl/α,β-unsaturated/α-hetero) is 1. The Balaban J connectivity index is 1.73. The fourth-order valence-electron chi connectivity index (χ4n) is 4.56. The van der Waals surface area contributed by atoms with Crippen molar-refractivity contribution in [3.8, 4) is 0 Å². The summed E-state index contributed by atoms with van der Waals surface area (Å²) in [5.41, 5.74) is 9.48. The molecule has 1 unspecified atom stereocenters. The van der Waals surface area contributed by atoms with Crippen molar-refractivity contribution in [3.05, 3.63) is 107 Å². The Labute approximate surface area is 231 Å². The van der Waals surface area contributed by atoms with Crippen LogP contribution in [0.15, 0.2) is 78.9 Å². The average molecular weight is 526 g/mol. The van der Waals surface area contributed by atoms with E-state index >= 15 is 0 Å². The van der Waals surface area contributed by atoms with E-state index in [2.05, 4.69) is 55.3 Å². The molecule has 3 aromatic rings. The molecular weight excluding hydrogens is 486 g/mol. The molecule has 204 valence electrons. The summed E-state index contributed by atoms with van der Waals surface area (Å²) in [6.45, 7) is 9.77. The highest BCUT2D eigenvalue weighted by Crippen LogP contribution is 2.16. The van der Waals surface area contributed by atoms with Gasteiger partial charge in [-0.25, -0.2) is 0 Å². The third-order valence-electron chi connectivity index (χ3n) is 6.36. The van der Waals surface area contributed by atoms with Crippen LogP contribution in [0.25, 0.3) is 12.2 Å². The van der Waals surface area contributed by atoms with Crippen molar-refractivity contribution in [2.75, 3.05) is 13.1 Å². The smallest absolute Gasteiger partial charge is 0.287 e. The van der Waals surface area contributed by atoms with Gasteiger partial charge in [-0.1, -0.05) is 106 Å². The molecule has 0 fully saturated rings. The summed E-state index contributed by atoms with van der Waals surface area (Å²) in [6, 6.07) is 23.8. The van der Waals surface area contributed by atoms with E-state index in [-0.39, 0.29) is 6.42 Å². The molecule has 0 spiro atoms. The van der Waals surface area contributed by atoms with Crippen LogP contribution in [-0.4, -0.2) is 41.6 Å². The number of nitrogens with zero attached hydrogens (tertiary/aromatic N) is 1. The lowest BCUT2D eigenvalue weighted by molar-refractivity contribution is -0.137. The summed E-state index contributed by atoms with van der Waals surface area (Å²) in [5.74, 6) is -1.72. The maximum atomic E-state index is 13.2. The summed E-state index contributed by atoms with van der Waals surface area (Å²) in [4.78, 5) is 39.8. The average Bonchev–Trinajstić information content (AvgIpc) is 2.92. The fraction of sp³-hybridized carbons (Fsp3) is 0.303. The summed E-state index contributed by atoms with van der Waals surface area (Å²) < 4.78 is 0. The first kappa shape index (κ1) is 29.5. The molecule has 0 aliphatic rings. The molecule has 0 aliphatic heterocycles. The van der Waals surface area contributed by atoms with Crippen LogP contribution < -0.4 is 11.1 Å². The zero-order chi connectivity index (χ0) is 28.2. The topological polar surface area (TPSA) is 92.5 Å². The molecule has 0 aliphatic carbocycles. The highest BCUT2D eigenvalue weighted by molar-refractivity contribution is 6.38. The van der Waals surface area contributed by atoms with Gasteiger partial charge in [-0.2, -0.15) is 0 Å². The highest BCUT2D eigenvalue weighted by Gasteiger charge is 2.26. The Morgan fingerprint density at radius 2 is 1.54 bits per heavy atom. The zero-order valence-corrected chi connectivity index (χ0v) is 23.1. The summed E-state index contributed by atoms with van der Waals surface area (Å²) >= 11 is 0. The number of amides is 2. The summed E-state index contributed by atoms with van der Waals surface area (Å²) in [6.07, 6.45) is 5.15. The normalized spacial score (nSPS) is 12.1. The van der Waals surface area contributed by atoms with Gasteiger partial charge in [0.2, 0.25) is 5.78 Å². The lowest BCUT2D eigenvalue weighted by atomic mass is 10.00. The number of rotatable bonds is 14. The van der Waals surface area contributed by atoms with Crippen LogP contribution in [-0.2, 0) is 22.6 Å². The Morgan fingerprint density at radius 1 is 0.872 bits per heavy atom. The number of ketones is 1. The van der Waals surface area contributed by atoms with E-state index in [1.165, 1.54) is 5.56 Å². The van der Waals surface area contributed by atoms with Crippen LogP contribution in [0, 0.1) is 5.92 Å². The number of primary amides is 1. The van der Waals surface area contributed by atoms with E-state index in [1.807, 2.05) is 54.6 Å². The summed E-state index contributed by atoms with van der Waals surface area (Å²) in [7, 11) is 0. The number of carbonyl (C=O) groups excluding carboxylic acids is 3. The van der Waals surface area contributed by atoms with Crippen LogP contribution in [0.1, 0.15) is 59.8 Å². The van der Waals surface area contributed by atoms with Crippen LogP contribution in [0.4, 0.5) is 0 Å². The molecule has 0 radical (unpaired) electrons. The Hall–Kier alpha value is -4.03. The summed E-state index contributed by atoms with van der Waals surface area (Å²) in [5, 5.41) is 2.72. The van der Waals surface area contributed by atoms with Gasteiger partial charge in [0.1, 0.15) is 6.04 Å². The first-order chi connectivity index (χ1) is 18.8. The van der Waals surface area contributed by atoms with E-state index in [4.69, 9.17) is 5.73 Å². The maximum absolute atomic E-state index is 13.2. The van der Waals surface area contributed by atoms with Crippen molar-refractivity contribution in [2.45, 2.75) is 46.2 Å². The van der Waals surface area contributed by atoms with E-state index in [0.29, 0.717) is 17.0 Å². The third kappa shape index (κ3) is 9.34. The number of hydrogen-bond acceptors (Lipinski definition) is 4. The standard InChI is InChI=1S/C33H39N3O3/c1-4-20-36(22-24(2)3)23-27-16-14-25(15-17-27)18-19-28-12-8-9-13-29(28)33(39)35-30(31(37)32(34)38)21-26-10-6-5-7-11-26/h5-19,24,30H,4,20-23H2,1-3H3,(H2,34,38)(H,35,39). The van der Waals surface area contributed by atoms with Gasteiger partial charge >= 0.3 is 0 Å². The molecular formula is C33H39N3O3. The second-order valence-electron chi connectivity index (χ2n) is 10.2. The van der Waals surface area contributed by atoms with Crippen LogP contribution >= 0.6 is 0 Å². The second-order valence-corrected chi connectivity index (χ2v) is 10.2. The molecule has 0 bridgehead atoms. The Kier molecular flexibility index (Phi) is 11.2. The molecule has 0 heterocycles. The van der Waals surface area contributed by atoms with Gasteiger partial charge in [0.25, 0.3) is 11.8 Å². The van der Waals surface area contributed by atoms with Gasteiger partial charge in [-0.15, -0.1) is 0 Å². The number of nitrogens with two attached hydrogens (primary N) is 1. The second kappa shape index (κ2) is 14.8. The van der Waals surface area contributed by atoms with Crippen molar-refractivity contribution in [1.82, 2.24) is 10.2 Å². The third-order valence-corrected chi connectivity index (χ3v) is 6.36. The molecule has 1 atom stereocenters. The minimum atomic E-state index is -1.07. The molecule has 6 heteroatoms. The van der Waals surface area contributed by atoms with Gasteiger partial charge in [-0.05, 0) is 47.2 Å². The van der Waals surface area contributed by atoms with Crippen LogP contribution in [0.5, 0.6) is 0 Å². The Bertz CT molecular complexity index is 1270. The largest absolute Gasteiger partial charge is 0.363 e. The molecule has 0 aromatic heterocycles.